The number of piperidine rings is 3. The van der Waals surface area contributed by atoms with E-state index >= 15 is 0 Å². The quantitative estimate of drug-likeness (QED) is 0.398. The first-order valence-corrected chi connectivity index (χ1v) is 14.9. The summed E-state index contributed by atoms with van der Waals surface area (Å²) in [6.07, 6.45) is 8.73. The van der Waals surface area contributed by atoms with Crippen molar-refractivity contribution in [3.8, 4) is 0 Å². The predicted molar refractivity (Wildman–Crippen MR) is 154 cm³/mol. The first kappa shape index (κ1) is 25.4. The second kappa shape index (κ2) is 11.1. The number of carbonyl (C=O) groups excluding carboxylic acids is 2. The molecule has 0 spiro atoms. The summed E-state index contributed by atoms with van der Waals surface area (Å²) in [5.41, 5.74) is 0.841. The molecule has 0 bridgehead atoms. The zero-order chi connectivity index (χ0) is 26.1. The summed E-state index contributed by atoms with van der Waals surface area (Å²) in [4.78, 5) is 34.3. The third-order valence-corrected chi connectivity index (χ3v) is 9.44. The van der Waals surface area contributed by atoms with Crippen LogP contribution in [0.25, 0.3) is 21.5 Å². The summed E-state index contributed by atoms with van der Waals surface area (Å²) >= 11 is 0. The molecular weight excluding hydrogens is 470 g/mol. The average Bonchev–Trinajstić information content (AvgIpc) is 2.99. The molecule has 3 fully saturated rings. The molecule has 0 aliphatic carbocycles. The van der Waals surface area contributed by atoms with Crippen LogP contribution in [0.1, 0.15) is 68.6 Å². The van der Waals surface area contributed by atoms with Gasteiger partial charge in [0.05, 0.1) is 11.5 Å². The Balaban J connectivity index is 1.14. The highest BCUT2D eigenvalue weighted by Crippen LogP contribution is 2.32. The summed E-state index contributed by atoms with van der Waals surface area (Å²) < 4.78 is 0. The number of likely N-dealkylation sites (tertiary alicyclic amines) is 3. The van der Waals surface area contributed by atoms with E-state index in [0.29, 0.717) is 18.0 Å². The van der Waals surface area contributed by atoms with Crippen LogP contribution in [-0.4, -0.2) is 71.3 Å². The maximum absolute atomic E-state index is 13.9. The lowest BCUT2D eigenvalue weighted by molar-refractivity contribution is -0.141. The molecule has 3 aromatic rings. The second-order valence-corrected chi connectivity index (χ2v) is 11.6. The smallest absolute Gasteiger partial charge is 0.255 e. The number of amides is 2. The fraction of sp³-hybridized carbons (Fsp3) is 0.515. The summed E-state index contributed by atoms with van der Waals surface area (Å²) in [6, 6.07) is 19.6. The largest absolute Gasteiger partial charge is 0.339 e. The standard InChI is InChI=1S/C33H41N3O2/c1-2-27-13-7-8-19-36(27)32(37)26-12-9-18-35(23-26)28-16-20-34(21-17-28)33(38)31-29-14-5-3-10-24(29)22-25-11-4-6-15-30(25)31/h3-6,10-11,14-15,22,26-28H,2,7-9,12-13,16-21,23H2,1H3/t26-,27?/m1/s1. The Morgan fingerprint density at radius 3 is 2.16 bits per heavy atom. The number of benzene rings is 3. The highest BCUT2D eigenvalue weighted by atomic mass is 16.2. The molecule has 5 heteroatoms. The zero-order valence-electron chi connectivity index (χ0n) is 22.8. The third kappa shape index (κ3) is 4.82. The summed E-state index contributed by atoms with van der Waals surface area (Å²) in [5.74, 6) is 0.688. The van der Waals surface area contributed by atoms with Crippen molar-refractivity contribution in [2.24, 2.45) is 5.92 Å². The van der Waals surface area contributed by atoms with Gasteiger partial charge in [-0.1, -0.05) is 55.5 Å². The minimum atomic E-state index is 0.137. The Bertz CT molecular complexity index is 1260. The predicted octanol–water partition coefficient (Wildman–Crippen LogP) is 6.10. The van der Waals surface area contributed by atoms with Gasteiger partial charge in [-0.2, -0.15) is 0 Å². The van der Waals surface area contributed by atoms with Gasteiger partial charge in [-0.15, -0.1) is 0 Å². The Kier molecular flexibility index (Phi) is 7.38. The van der Waals surface area contributed by atoms with Crippen LogP contribution in [0.3, 0.4) is 0 Å². The van der Waals surface area contributed by atoms with E-state index in [4.69, 9.17) is 0 Å². The molecule has 3 aliphatic heterocycles. The normalized spacial score (nSPS) is 23.7. The molecule has 3 aliphatic rings. The number of hydrogen-bond acceptors (Lipinski definition) is 3. The van der Waals surface area contributed by atoms with Crippen molar-refractivity contribution in [1.82, 2.24) is 14.7 Å². The minimum Gasteiger partial charge on any atom is -0.339 e. The van der Waals surface area contributed by atoms with Crippen molar-refractivity contribution in [3.05, 3.63) is 60.2 Å². The van der Waals surface area contributed by atoms with Crippen molar-refractivity contribution < 1.29 is 9.59 Å². The highest BCUT2D eigenvalue weighted by Gasteiger charge is 2.36. The molecular formula is C33H41N3O2. The Morgan fingerprint density at radius 2 is 1.47 bits per heavy atom. The van der Waals surface area contributed by atoms with Crippen LogP contribution in [0.5, 0.6) is 0 Å². The van der Waals surface area contributed by atoms with Crippen LogP contribution in [-0.2, 0) is 4.79 Å². The van der Waals surface area contributed by atoms with Gasteiger partial charge in [-0.3, -0.25) is 14.5 Å². The lowest BCUT2D eigenvalue weighted by Gasteiger charge is -2.44. The van der Waals surface area contributed by atoms with Gasteiger partial charge in [-0.05, 0) is 85.5 Å². The lowest BCUT2D eigenvalue weighted by atomic mass is 9.90. The number of rotatable bonds is 4. The molecule has 38 heavy (non-hydrogen) atoms. The van der Waals surface area contributed by atoms with Crippen LogP contribution in [0.15, 0.2) is 54.6 Å². The van der Waals surface area contributed by atoms with Gasteiger partial charge in [0, 0.05) is 38.3 Å². The minimum absolute atomic E-state index is 0.137. The van der Waals surface area contributed by atoms with Gasteiger partial charge >= 0.3 is 0 Å². The van der Waals surface area contributed by atoms with E-state index < -0.39 is 0 Å². The summed E-state index contributed by atoms with van der Waals surface area (Å²) in [7, 11) is 0. The maximum Gasteiger partial charge on any atom is 0.255 e. The van der Waals surface area contributed by atoms with Gasteiger partial charge < -0.3 is 9.80 Å². The van der Waals surface area contributed by atoms with Gasteiger partial charge in [0.1, 0.15) is 0 Å². The van der Waals surface area contributed by atoms with E-state index in [1.165, 1.54) is 6.42 Å². The third-order valence-electron chi connectivity index (χ3n) is 9.44. The number of fused-ring (bicyclic) bond motifs is 2. The monoisotopic (exact) mass is 511 g/mol. The lowest BCUT2D eigenvalue weighted by Crippen LogP contribution is -2.53. The second-order valence-electron chi connectivity index (χ2n) is 11.6. The first-order valence-electron chi connectivity index (χ1n) is 14.9. The molecule has 1 unspecified atom stereocenters. The zero-order valence-corrected chi connectivity index (χ0v) is 22.8. The first-order chi connectivity index (χ1) is 18.6. The molecule has 2 atom stereocenters. The van der Waals surface area contributed by atoms with Crippen molar-refractivity contribution >= 4 is 33.4 Å². The summed E-state index contributed by atoms with van der Waals surface area (Å²) in [5, 5.41) is 4.32. The van der Waals surface area contributed by atoms with Crippen LogP contribution >= 0.6 is 0 Å². The van der Waals surface area contributed by atoms with Gasteiger partial charge in [0.25, 0.3) is 5.91 Å². The SMILES string of the molecule is CCC1CCCCN1C(=O)[C@@H]1CCCN(C2CCN(C(=O)c3c4ccccc4cc4ccccc34)CC2)C1. The van der Waals surface area contributed by atoms with E-state index in [1.807, 2.05) is 24.3 Å². The van der Waals surface area contributed by atoms with Crippen LogP contribution in [0, 0.1) is 5.92 Å². The molecule has 0 saturated carbocycles. The van der Waals surface area contributed by atoms with Gasteiger partial charge in [0.15, 0.2) is 0 Å². The Morgan fingerprint density at radius 1 is 0.789 bits per heavy atom. The molecule has 3 aromatic carbocycles. The fourth-order valence-corrected chi connectivity index (χ4v) is 7.33. The number of hydrogen-bond donors (Lipinski definition) is 0. The molecule has 5 nitrogen and oxygen atoms in total. The topological polar surface area (TPSA) is 43.9 Å². The average molecular weight is 512 g/mol. The van der Waals surface area contributed by atoms with Gasteiger partial charge in [-0.25, -0.2) is 0 Å². The van der Waals surface area contributed by atoms with Crippen molar-refractivity contribution in [2.75, 3.05) is 32.7 Å². The van der Waals surface area contributed by atoms with Crippen molar-refractivity contribution in [3.63, 3.8) is 0 Å². The van der Waals surface area contributed by atoms with E-state index in [0.717, 1.165) is 105 Å². The Hall–Kier alpha value is -2.92. The van der Waals surface area contributed by atoms with Crippen molar-refractivity contribution in [1.29, 1.82) is 0 Å². The molecule has 3 heterocycles. The van der Waals surface area contributed by atoms with Crippen LogP contribution in [0.2, 0.25) is 0 Å². The van der Waals surface area contributed by atoms with Crippen molar-refractivity contribution in [2.45, 2.75) is 70.4 Å². The Labute approximate surface area is 226 Å². The summed E-state index contributed by atoms with van der Waals surface area (Å²) in [6.45, 7) is 6.68. The fourth-order valence-electron chi connectivity index (χ4n) is 7.33. The molecule has 200 valence electrons. The number of carbonyl (C=O) groups is 2. The van der Waals surface area contributed by atoms with E-state index in [1.54, 1.807) is 0 Å². The molecule has 0 radical (unpaired) electrons. The maximum atomic E-state index is 13.9. The molecule has 0 N–H and O–H groups in total. The van der Waals surface area contributed by atoms with Gasteiger partial charge in [0.2, 0.25) is 5.91 Å². The molecule has 2 amide bonds. The van der Waals surface area contributed by atoms with E-state index in [-0.39, 0.29) is 11.8 Å². The highest BCUT2D eigenvalue weighted by molar-refractivity contribution is 6.18. The molecule has 6 rings (SSSR count). The molecule has 3 saturated heterocycles. The number of nitrogens with zero attached hydrogens (tertiary/aromatic N) is 3. The molecule has 0 aromatic heterocycles. The van der Waals surface area contributed by atoms with E-state index in [2.05, 4.69) is 52.0 Å². The van der Waals surface area contributed by atoms with Crippen LogP contribution < -0.4 is 0 Å². The van der Waals surface area contributed by atoms with Crippen LogP contribution in [0.4, 0.5) is 0 Å². The van der Waals surface area contributed by atoms with E-state index in [9.17, 15) is 9.59 Å².